The summed E-state index contributed by atoms with van der Waals surface area (Å²) >= 11 is 0. The van der Waals surface area contributed by atoms with Crippen LogP contribution in [0.1, 0.15) is 24.5 Å². The maximum Gasteiger partial charge on any atom is 0.418 e. The van der Waals surface area contributed by atoms with Crippen LogP contribution >= 0.6 is 0 Å². The summed E-state index contributed by atoms with van der Waals surface area (Å²) in [6.45, 7) is 2.38. The van der Waals surface area contributed by atoms with Gasteiger partial charge in [-0.05, 0) is 38.1 Å². The van der Waals surface area contributed by atoms with Crippen molar-refractivity contribution in [1.82, 2.24) is 5.32 Å². The Balaban J connectivity index is 3.05. The topological polar surface area (TPSA) is 35.5 Å². The van der Waals surface area contributed by atoms with Crippen molar-refractivity contribution < 1.29 is 18.3 Å². The van der Waals surface area contributed by atoms with Gasteiger partial charge in [-0.2, -0.15) is 13.2 Å². The van der Waals surface area contributed by atoms with Crippen LogP contribution in [0.2, 0.25) is 0 Å². The van der Waals surface area contributed by atoms with Crippen LogP contribution in [-0.4, -0.2) is 31.9 Å². The summed E-state index contributed by atoms with van der Waals surface area (Å²) in [6.07, 6.45) is -4.50. The molecule has 0 heterocycles. The molecule has 0 aromatic heterocycles. The van der Waals surface area contributed by atoms with Gasteiger partial charge in [0.1, 0.15) is 0 Å². The Morgan fingerprint density at radius 2 is 2.00 bits per heavy atom. The van der Waals surface area contributed by atoms with E-state index in [0.29, 0.717) is 25.1 Å². The Morgan fingerprint density at radius 1 is 1.35 bits per heavy atom. The smallest absolute Gasteiger partial charge is 0.393 e. The lowest BCUT2D eigenvalue weighted by atomic mass is 10.1. The quantitative estimate of drug-likeness (QED) is 0.845. The summed E-state index contributed by atoms with van der Waals surface area (Å²) in [5.41, 5.74) is 0.0869. The van der Waals surface area contributed by atoms with Gasteiger partial charge in [-0.25, -0.2) is 0 Å². The zero-order valence-corrected chi connectivity index (χ0v) is 12.0. The summed E-state index contributed by atoms with van der Waals surface area (Å²) in [5, 5.41) is 12.1. The molecule has 3 nitrogen and oxygen atoms in total. The minimum atomic E-state index is -4.39. The number of aliphatic hydroxyl groups is 1. The van der Waals surface area contributed by atoms with Gasteiger partial charge in [-0.3, -0.25) is 0 Å². The molecular weight excluding hydrogens is 269 g/mol. The normalized spacial score (nSPS) is 13.3. The Morgan fingerprint density at radius 3 is 2.50 bits per heavy atom. The van der Waals surface area contributed by atoms with Crippen LogP contribution in [0, 0.1) is 0 Å². The number of hydrogen-bond acceptors (Lipinski definition) is 3. The van der Waals surface area contributed by atoms with Crippen molar-refractivity contribution in [3.63, 3.8) is 0 Å². The lowest BCUT2D eigenvalue weighted by Crippen LogP contribution is -2.25. The molecule has 1 rings (SSSR count). The molecule has 1 unspecified atom stereocenters. The van der Waals surface area contributed by atoms with E-state index in [1.54, 1.807) is 27.1 Å². The predicted octanol–water partition coefficient (Wildman–Crippen LogP) is 2.63. The summed E-state index contributed by atoms with van der Waals surface area (Å²) in [5.74, 6) is 0. The molecule has 1 aromatic carbocycles. The average Bonchev–Trinajstić information content (AvgIpc) is 2.35. The van der Waals surface area contributed by atoms with E-state index in [0.717, 1.165) is 0 Å². The molecule has 0 radical (unpaired) electrons. The van der Waals surface area contributed by atoms with Crippen LogP contribution < -0.4 is 10.2 Å². The second-order valence-corrected chi connectivity index (χ2v) is 4.94. The molecule has 0 amide bonds. The molecule has 2 N–H and O–H groups in total. The molecule has 0 aliphatic rings. The molecule has 1 aromatic rings. The van der Waals surface area contributed by atoms with Crippen molar-refractivity contribution in [1.29, 1.82) is 0 Å². The maximum absolute atomic E-state index is 13.1. The minimum absolute atomic E-state index is 0.137. The van der Waals surface area contributed by atoms with E-state index in [2.05, 4.69) is 5.32 Å². The van der Waals surface area contributed by atoms with Gasteiger partial charge in [0.25, 0.3) is 0 Å². The molecule has 0 aliphatic carbocycles. The fourth-order valence-corrected chi connectivity index (χ4v) is 1.96. The first-order valence-electron chi connectivity index (χ1n) is 6.49. The lowest BCUT2D eigenvalue weighted by molar-refractivity contribution is -0.137. The van der Waals surface area contributed by atoms with Crippen LogP contribution in [0.4, 0.5) is 18.9 Å². The van der Waals surface area contributed by atoms with E-state index < -0.39 is 17.8 Å². The van der Waals surface area contributed by atoms with Gasteiger partial charge in [-0.1, -0.05) is 6.07 Å². The molecule has 114 valence electrons. The highest BCUT2D eigenvalue weighted by molar-refractivity contribution is 5.56. The lowest BCUT2D eigenvalue weighted by Gasteiger charge is -2.24. The second kappa shape index (κ2) is 6.95. The second-order valence-electron chi connectivity index (χ2n) is 4.94. The molecular formula is C14H21F3N2O. The molecule has 6 heteroatoms. The number of hydrogen-bond donors (Lipinski definition) is 2. The number of halogens is 3. The molecule has 20 heavy (non-hydrogen) atoms. The number of anilines is 1. The Bertz CT molecular complexity index is 433. The van der Waals surface area contributed by atoms with Crippen LogP contribution in [0.5, 0.6) is 0 Å². The van der Waals surface area contributed by atoms with Gasteiger partial charge in [0.15, 0.2) is 0 Å². The molecule has 0 saturated heterocycles. The van der Waals surface area contributed by atoms with Crippen molar-refractivity contribution in [2.75, 3.05) is 25.5 Å². The number of alkyl halides is 3. The molecule has 1 atom stereocenters. The Labute approximate surface area is 117 Å². The summed E-state index contributed by atoms with van der Waals surface area (Å²) in [4.78, 5) is 1.53. The zero-order valence-electron chi connectivity index (χ0n) is 12.0. The number of aliphatic hydroxyl groups excluding tert-OH is 1. The first-order chi connectivity index (χ1) is 9.25. The van der Waals surface area contributed by atoms with Crippen LogP contribution in [-0.2, 0) is 12.7 Å². The number of nitrogens with zero attached hydrogens (tertiary/aromatic N) is 1. The van der Waals surface area contributed by atoms with Crippen LogP contribution in [0.15, 0.2) is 18.2 Å². The number of benzene rings is 1. The third-order valence-corrected chi connectivity index (χ3v) is 3.04. The van der Waals surface area contributed by atoms with E-state index in [9.17, 15) is 18.3 Å². The molecule has 0 saturated carbocycles. The highest BCUT2D eigenvalue weighted by Crippen LogP contribution is 2.37. The Kier molecular flexibility index (Phi) is 5.83. The maximum atomic E-state index is 13.1. The van der Waals surface area contributed by atoms with Crippen LogP contribution in [0.3, 0.4) is 0 Å². The molecule has 0 fully saturated rings. The van der Waals surface area contributed by atoms with Gasteiger partial charge in [0.2, 0.25) is 0 Å². The van der Waals surface area contributed by atoms with Crippen molar-refractivity contribution in [3.05, 3.63) is 29.3 Å². The summed E-state index contributed by atoms with van der Waals surface area (Å²) in [6, 6.07) is 4.34. The van der Waals surface area contributed by atoms with E-state index in [4.69, 9.17) is 0 Å². The largest absolute Gasteiger partial charge is 0.418 e. The molecule has 0 aliphatic heterocycles. The van der Waals surface area contributed by atoms with E-state index in [1.165, 1.54) is 17.0 Å². The first-order valence-corrected chi connectivity index (χ1v) is 6.49. The highest BCUT2D eigenvalue weighted by atomic mass is 19.4. The third kappa shape index (κ3) is 4.68. The summed E-state index contributed by atoms with van der Waals surface area (Å²) < 4.78 is 39.4. The average molecular weight is 290 g/mol. The van der Waals surface area contributed by atoms with Gasteiger partial charge in [0, 0.05) is 25.8 Å². The van der Waals surface area contributed by atoms with Gasteiger partial charge < -0.3 is 15.3 Å². The monoisotopic (exact) mass is 290 g/mol. The zero-order chi connectivity index (χ0) is 15.3. The van der Waals surface area contributed by atoms with Gasteiger partial charge in [0.05, 0.1) is 11.7 Å². The first kappa shape index (κ1) is 16.8. The standard InChI is InChI=1S/C14H21F3N2O/c1-10(20)6-7-19(3)13-5-4-11(9-18-2)8-12(13)14(15,16)17/h4-5,8,10,18,20H,6-7,9H2,1-3H3. The minimum Gasteiger partial charge on any atom is -0.393 e. The number of nitrogens with one attached hydrogen (secondary N) is 1. The fraction of sp³-hybridized carbons (Fsp3) is 0.571. The van der Waals surface area contributed by atoms with Gasteiger partial charge in [-0.15, -0.1) is 0 Å². The Hall–Kier alpha value is -1.27. The van der Waals surface area contributed by atoms with E-state index in [1.807, 2.05) is 0 Å². The van der Waals surface area contributed by atoms with Crippen molar-refractivity contribution in [3.8, 4) is 0 Å². The third-order valence-electron chi connectivity index (χ3n) is 3.04. The van der Waals surface area contributed by atoms with Crippen molar-refractivity contribution in [2.24, 2.45) is 0 Å². The van der Waals surface area contributed by atoms with Crippen LogP contribution in [0.25, 0.3) is 0 Å². The fourth-order valence-electron chi connectivity index (χ4n) is 1.96. The predicted molar refractivity (Wildman–Crippen MR) is 73.8 cm³/mol. The van der Waals surface area contributed by atoms with E-state index >= 15 is 0 Å². The molecule has 0 bridgehead atoms. The SMILES string of the molecule is CNCc1ccc(N(C)CCC(C)O)c(C(F)(F)F)c1. The number of rotatable bonds is 6. The highest BCUT2D eigenvalue weighted by Gasteiger charge is 2.34. The summed E-state index contributed by atoms with van der Waals surface area (Å²) in [7, 11) is 3.29. The van der Waals surface area contributed by atoms with Gasteiger partial charge >= 0.3 is 6.18 Å². The van der Waals surface area contributed by atoms with Crippen molar-refractivity contribution >= 4 is 5.69 Å². The molecule has 0 spiro atoms. The van der Waals surface area contributed by atoms with E-state index in [-0.39, 0.29) is 5.69 Å². The van der Waals surface area contributed by atoms with Crippen molar-refractivity contribution in [2.45, 2.75) is 32.2 Å².